The van der Waals surface area contributed by atoms with Crippen LogP contribution in [0.2, 0.25) is 0 Å². The van der Waals surface area contributed by atoms with Crippen molar-refractivity contribution >= 4 is 132 Å². The summed E-state index contributed by atoms with van der Waals surface area (Å²) in [5, 5.41) is 10.1. The van der Waals surface area contributed by atoms with Crippen molar-refractivity contribution in [3.63, 3.8) is 0 Å². The standard InChI is InChI=1S/C65H61N3O2.C35H37N3O2.C15H13I/c1-10-12-17-41(11-2)37-66-57-31-30-52-59-51(62(69)68(63(52)70)61-39(4)32-38(3)33-40(61)5)29-28-50(60(57)59)49-27-24-44(36-58(49)66)67(42-22-25-47-45-18-13-15-20-53(45)64(6,7)55(47)34-42)43-23-26-48-46-19-14-16-21-54(46)65(8,9)56(48)35-43;1-6-8-9-23(7-2)19-37-29-15-14-28-31-27(13-12-26(32(29)31)25-11-10-24(36)18-30(25)37)34(39)38(35(28)40)33-21(4)16-20(3)17-22(33)5;1-15(2)13-6-4-3-5-11(13)12-8-7-10(16)9-14(12)15/h13-16,18-36,41H,10-12,17,37H2,1-9H3;10-18,23H,6-9,19,36H2,1-5H3;3-9H,1-2H3. The van der Waals surface area contributed by atoms with Crippen molar-refractivity contribution < 1.29 is 0 Å². The second kappa shape index (κ2) is 31.7. The number of hydrogen-bond donors (Lipinski definition) is 1. The number of fused-ring (bicyclic) bond motifs is 13. The van der Waals surface area contributed by atoms with Gasteiger partial charge in [0, 0.05) is 121 Å². The number of pyridine rings is 4. The highest BCUT2D eigenvalue weighted by Crippen LogP contribution is 2.55. The topological polar surface area (TPSA) is 117 Å². The molecule has 0 amide bonds. The monoisotopic (exact) mass is 1770 g/mol. The summed E-state index contributed by atoms with van der Waals surface area (Å²) in [4.78, 5) is 60.4. The smallest absolute Gasteiger partial charge is 0.266 e. The van der Waals surface area contributed by atoms with Crippen LogP contribution in [0.25, 0.3) is 131 Å². The highest BCUT2D eigenvalue weighted by atomic mass is 127. The van der Waals surface area contributed by atoms with Gasteiger partial charge in [0.15, 0.2) is 0 Å². The minimum absolute atomic E-state index is 0.146. The van der Waals surface area contributed by atoms with E-state index in [9.17, 15) is 19.2 Å². The predicted molar refractivity (Wildman–Crippen MR) is 541 cm³/mol. The molecule has 0 radical (unpaired) electrons. The number of nitrogens with two attached hydrogens (primary N) is 1. The maximum atomic E-state index is 14.8. The highest BCUT2D eigenvalue weighted by Gasteiger charge is 2.40. The van der Waals surface area contributed by atoms with Gasteiger partial charge in [0.2, 0.25) is 0 Å². The average Bonchev–Trinajstić information content (AvgIpc) is 1.30. The maximum Gasteiger partial charge on any atom is 0.266 e. The van der Waals surface area contributed by atoms with E-state index in [-0.39, 0.29) is 38.5 Å². The first-order valence-electron chi connectivity index (χ1n) is 45.5. The van der Waals surface area contributed by atoms with Crippen LogP contribution in [0, 0.1) is 56.9 Å². The van der Waals surface area contributed by atoms with Crippen LogP contribution in [0.4, 0.5) is 22.7 Å². The van der Waals surface area contributed by atoms with E-state index in [2.05, 4.69) is 301 Å². The molecule has 0 saturated heterocycles. The Bertz CT molecular complexity index is 7580. The van der Waals surface area contributed by atoms with Crippen molar-refractivity contribution in [2.45, 2.75) is 191 Å². The quantitative estimate of drug-likeness (QED) is 0.0420. The number of hydrogen-bond acceptors (Lipinski definition) is 6. The number of halogens is 1. The number of anilines is 4. The van der Waals surface area contributed by atoms with Gasteiger partial charge < -0.3 is 19.8 Å². The molecule has 2 atom stereocenters. The summed E-state index contributed by atoms with van der Waals surface area (Å²) in [7, 11) is 0. The molecule has 4 aromatic heterocycles. The van der Waals surface area contributed by atoms with Gasteiger partial charge in [0.25, 0.3) is 22.2 Å². The molecule has 10 nitrogen and oxygen atoms in total. The van der Waals surface area contributed by atoms with Gasteiger partial charge in [-0.05, 0) is 286 Å². The zero-order valence-electron chi connectivity index (χ0n) is 75.6. The molecule has 632 valence electrons. The number of unbranched alkanes of at least 4 members (excludes halogenated alkanes) is 2. The van der Waals surface area contributed by atoms with E-state index >= 15 is 0 Å². The Morgan fingerprint density at radius 1 is 0.333 bits per heavy atom. The number of rotatable bonds is 17. The normalized spacial score (nSPS) is 14.2. The lowest BCUT2D eigenvalue weighted by molar-refractivity contribution is 0.400. The van der Waals surface area contributed by atoms with E-state index in [0.717, 1.165) is 173 Å². The average molecular weight is 1770 g/mol. The minimum Gasteiger partial charge on any atom is -0.399 e. The van der Waals surface area contributed by atoms with E-state index in [1.165, 1.54) is 92.3 Å². The Labute approximate surface area is 751 Å². The Hall–Kier alpha value is -12.2. The molecule has 18 aromatic rings. The molecule has 21 rings (SSSR count). The zero-order valence-corrected chi connectivity index (χ0v) is 77.7. The summed E-state index contributed by atoms with van der Waals surface area (Å²) in [5.41, 5.74) is 36.9. The van der Waals surface area contributed by atoms with E-state index in [4.69, 9.17) is 5.73 Å². The van der Waals surface area contributed by atoms with Crippen LogP contribution in [0.5, 0.6) is 0 Å². The van der Waals surface area contributed by atoms with Crippen LogP contribution >= 0.6 is 22.6 Å². The molecule has 11 heteroatoms. The van der Waals surface area contributed by atoms with E-state index < -0.39 is 0 Å². The van der Waals surface area contributed by atoms with Crippen LogP contribution in [0.3, 0.4) is 0 Å². The number of aromatic nitrogens is 4. The van der Waals surface area contributed by atoms with Gasteiger partial charge in [-0.2, -0.15) is 0 Å². The van der Waals surface area contributed by atoms with Gasteiger partial charge in [0.05, 0.1) is 22.4 Å². The van der Waals surface area contributed by atoms with E-state index in [1.807, 2.05) is 83.1 Å². The minimum atomic E-state index is -0.268. The molecular weight excluding hydrogens is 1660 g/mol. The fourth-order valence-electron chi connectivity index (χ4n) is 22.6. The first-order chi connectivity index (χ1) is 60.6. The second-order valence-corrected chi connectivity index (χ2v) is 39.2. The molecular formula is C115H111IN6O4. The number of aryl methyl sites for hydroxylation is 6. The van der Waals surface area contributed by atoms with Gasteiger partial charge in [-0.15, -0.1) is 0 Å². The molecule has 14 aromatic carbocycles. The van der Waals surface area contributed by atoms with Crippen molar-refractivity contribution in [3.05, 3.63) is 348 Å². The van der Waals surface area contributed by atoms with Crippen molar-refractivity contribution in [1.82, 2.24) is 18.3 Å². The fourth-order valence-corrected chi connectivity index (χ4v) is 23.1. The third-order valence-corrected chi connectivity index (χ3v) is 29.6. The first-order valence-corrected chi connectivity index (χ1v) is 46.6. The molecule has 0 saturated carbocycles. The van der Waals surface area contributed by atoms with Crippen LogP contribution < -0.4 is 32.9 Å². The second-order valence-electron chi connectivity index (χ2n) is 38.0. The molecule has 4 heterocycles. The molecule has 3 aliphatic rings. The molecule has 2 N–H and O–H groups in total. The third kappa shape index (κ3) is 13.3. The Kier molecular flexibility index (Phi) is 21.0. The fraction of sp³-hybridized carbons (Fsp3) is 0.270. The SMILES string of the molecule is CC1(C)c2ccccc2-c2ccc(I)cc21.CCCCC(CC)Cn1c2cc(N(c3ccc4c(c3)C(C)(C)c3ccccc3-4)c3ccc4c(c3)C(C)(C)c3ccccc3-4)ccc2c2ccc3c(=O)n(-c4c(C)cc(C)cc4C)c(=O)c4ccc1c2c34.CCCCC(CC)Cn1c2cc(N)ccc2c2ccc3c(=O)n(-c4c(C)cc(C)cc4C)c(=O)c4ccc1c2c34. The molecule has 126 heavy (non-hydrogen) atoms. The highest BCUT2D eigenvalue weighted by molar-refractivity contribution is 14.1. The Morgan fingerprint density at radius 2 is 0.659 bits per heavy atom. The summed E-state index contributed by atoms with van der Waals surface area (Å²) < 4.78 is 9.03. The van der Waals surface area contributed by atoms with Gasteiger partial charge in [-0.25, -0.2) is 9.13 Å². The van der Waals surface area contributed by atoms with Crippen molar-refractivity contribution in [2.24, 2.45) is 11.8 Å². The molecule has 3 aliphatic carbocycles. The largest absolute Gasteiger partial charge is 0.399 e. The molecule has 0 bridgehead atoms. The van der Waals surface area contributed by atoms with Crippen LogP contribution in [0.1, 0.15) is 187 Å². The van der Waals surface area contributed by atoms with Crippen LogP contribution in [0.15, 0.2) is 256 Å². The molecule has 0 spiro atoms. The summed E-state index contributed by atoms with van der Waals surface area (Å²) in [6.45, 7) is 36.8. The van der Waals surface area contributed by atoms with E-state index in [0.29, 0.717) is 44.8 Å². The van der Waals surface area contributed by atoms with Crippen LogP contribution in [-0.4, -0.2) is 18.3 Å². The Morgan fingerprint density at radius 3 is 1.06 bits per heavy atom. The van der Waals surface area contributed by atoms with Gasteiger partial charge in [0.1, 0.15) is 0 Å². The lowest BCUT2D eigenvalue weighted by Gasteiger charge is -2.30. The lowest BCUT2D eigenvalue weighted by atomic mass is 9.82. The Balaban J connectivity index is 0.000000154. The first kappa shape index (κ1) is 83.4. The third-order valence-electron chi connectivity index (χ3n) is 28.9. The summed E-state index contributed by atoms with van der Waals surface area (Å²) >= 11 is 2.39. The molecule has 0 aliphatic heterocycles. The van der Waals surface area contributed by atoms with Gasteiger partial charge in [-0.1, -0.05) is 258 Å². The van der Waals surface area contributed by atoms with Crippen molar-refractivity contribution in [3.8, 4) is 44.8 Å². The molecule has 2 unspecified atom stereocenters. The van der Waals surface area contributed by atoms with Crippen molar-refractivity contribution in [2.75, 3.05) is 10.6 Å². The lowest BCUT2D eigenvalue weighted by Crippen LogP contribution is -2.33. The predicted octanol–water partition coefficient (Wildman–Crippen LogP) is 28.6. The summed E-state index contributed by atoms with van der Waals surface area (Å²) in [5.74, 6) is 0.958. The number of nitrogens with zero attached hydrogens (tertiary/aromatic N) is 5. The van der Waals surface area contributed by atoms with Crippen molar-refractivity contribution in [1.29, 1.82) is 0 Å². The maximum absolute atomic E-state index is 14.8. The van der Waals surface area contributed by atoms with E-state index in [1.54, 1.807) is 0 Å². The van der Waals surface area contributed by atoms with Gasteiger partial charge in [-0.3, -0.25) is 19.2 Å². The molecule has 0 fully saturated rings. The summed E-state index contributed by atoms with van der Waals surface area (Å²) in [6.07, 6.45) is 9.10. The van der Waals surface area contributed by atoms with Crippen LogP contribution in [-0.2, 0) is 29.3 Å². The number of nitrogen functional groups attached to an aromatic ring is 1. The van der Waals surface area contributed by atoms with Gasteiger partial charge >= 0.3 is 0 Å². The number of benzene rings is 14. The zero-order chi connectivity index (χ0) is 88.2. The summed E-state index contributed by atoms with van der Waals surface area (Å²) in [6, 6.07) is 84.9.